The number of benzene rings is 2. The number of nitriles is 1. The summed E-state index contributed by atoms with van der Waals surface area (Å²) in [6.45, 7) is 0. The molecule has 0 aromatic heterocycles. The van der Waals surface area contributed by atoms with Crippen LogP contribution in [0.3, 0.4) is 0 Å². The lowest BCUT2D eigenvalue weighted by molar-refractivity contribution is 0.110. The van der Waals surface area contributed by atoms with E-state index in [1.165, 1.54) is 12.1 Å². The van der Waals surface area contributed by atoms with E-state index >= 15 is 0 Å². The van der Waals surface area contributed by atoms with E-state index in [0.717, 1.165) is 17.5 Å². The molecule has 2 nitrogen and oxygen atoms in total. The molecule has 0 heterocycles. The molecular weight excluding hydrogens is 333 g/mol. The molecule has 0 saturated heterocycles. The van der Waals surface area contributed by atoms with Crippen molar-refractivity contribution in [2.24, 2.45) is 0 Å². The summed E-state index contributed by atoms with van der Waals surface area (Å²) < 4.78 is 14.1. The molecule has 0 fully saturated rings. The maximum absolute atomic E-state index is 13.5. The summed E-state index contributed by atoms with van der Waals surface area (Å²) in [6, 6.07) is 14.1. The number of aryl methyl sites for hydroxylation is 1. The van der Waals surface area contributed by atoms with Gasteiger partial charge in [-0.1, -0.05) is 40.2 Å². The van der Waals surface area contributed by atoms with Crippen molar-refractivity contribution in [1.82, 2.24) is 0 Å². The second-order valence-corrected chi connectivity index (χ2v) is 6.16. The van der Waals surface area contributed by atoms with E-state index in [-0.39, 0.29) is 0 Å². The lowest BCUT2D eigenvalue weighted by Gasteiger charge is -2.29. The first-order valence-electron chi connectivity index (χ1n) is 6.71. The van der Waals surface area contributed by atoms with E-state index < -0.39 is 17.3 Å². The second-order valence-electron chi connectivity index (χ2n) is 5.31. The molecule has 0 saturated carbocycles. The zero-order valence-electron chi connectivity index (χ0n) is 11.2. The van der Waals surface area contributed by atoms with Crippen LogP contribution < -0.4 is 0 Å². The van der Waals surface area contributed by atoms with Gasteiger partial charge in [0.05, 0.1) is 6.07 Å². The van der Waals surface area contributed by atoms with Crippen LogP contribution in [0.2, 0.25) is 0 Å². The van der Waals surface area contributed by atoms with Gasteiger partial charge in [0.25, 0.3) is 0 Å². The molecule has 2 atom stereocenters. The van der Waals surface area contributed by atoms with Crippen molar-refractivity contribution in [3.8, 4) is 6.07 Å². The Balaban J connectivity index is 2.14. The molecular formula is C17H13BrFNO. The third-order valence-corrected chi connectivity index (χ3v) is 4.93. The molecule has 0 bridgehead atoms. The van der Waals surface area contributed by atoms with Gasteiger partial charge in [-0.25, -0.2) is 4.39 Å². The van der Waals surface area contributed by atoms with Crippen molar-refractivity contribution in [1.29, 1.82) is 5.26 Å². The van der Waals surface area contributed by atoms with Crippen LogP contribution in [0.4, 0.5) is 4.39 Å². The number of hydrogen-bond acceptors (Lipinski definition) is 2. The van der Waals surface area contributed by atoms with Gasteiger partial charge in [0.15, 0.2) is 0 Å². The van der Waals surface area contributed by atoms with Gasteiger partial charge in [0.2, 0.25) is 0 Å². The third-order valence-electron chi connectivity index (χ3n) is 4.21. The maximum Gasteiger partial charge on any atom is 0.123 e. The molecule has 1 N–H and O–H groups in total. The molecule has 0 radical (unpaired) electrons. The minimum absolute atomic E-state index is 0.410. The fraction of sp³-hybridized carbons (Fsp3) is 0.235. The van der Waals surface area contributed by atoms with Crippen LogP contribution in [0.15, 0.2) is 46.9 Å². The third kappa shape index (κ3) is 2.17. The molecule has 3 rings (SSSR count). The van der Waals surface area contributed by atoms with Crippen molar-refractivity contribution in [3.63, 3.8) is 0 Å². The number of aliphatic hydroxyl groups is 1. The normalized spacial score (nSPS) is 21.6. The van der Waals surface area contributed by atoms with Crippen LogP contribution in [0.5, 0.6) is 0 Å². The molecule has 2 aromatic carbocycles. The Hall–Kier alpha value is -1.70. The van der Waals surface area contributed by atoms with E-state index in [1.54, 1.807) is 6.07 Å². The number of rotatable bonds is 2. The molecule has 106 valence electrons. The topological polar surface area (TPSA) is 44.0 Å². The fourth-order valence-electron chi connectivity index (χ4n) is 3.09. The van der Waals surface area contributed by atoms with E-state index in [2.05, 4.69) is 22.0 Å². The van der Waals surface area contributed by atoms with Crippen LogP contribution in [-0.2, 0) is 11.8 Å². The molecule has 0 aliphatic heterocycles. The first kappa shape index (κ1) is 14.2. The number of fused-ring (bicyclic) bond motifs is 1. The summed E-state index contributed by atoms with van der Waals surface area (Å²) in [5.74, 6) is -0.424. The second kappa shape index (κ2) is 5.25. The lowest BCUT2D eigenvalue weighted by Crippen LogP contribution is -2.30. The highest BCUT2D eigenvalue weighted by Crippen LogP contribution is 2.48. The average Bonchev–Trinajstić information content (AvgIpc) is 2.89. The Labute approximate surface area is 131 Å². The Bertz CT molecular complexity index is 740. The predicted octanol–water partition coefficient (Wildman–Crippen LogP) is 4.03. The zero-order valence-corrected chi connectivity index (χ0v) is 12.8. The molecule has 0 spiro atoms. The van der Waals surface area contributed by atoms with Crippen LogP contribution in [0.1, 0.15) is 29.2 Å². The quantitative estimate of drug-likeness (QED) is 0.892. The van der Waals surface area contributed by atoms with Crippen molar-refractivity contribution in [2.75, 3.05) is 0 Å². The molecule has 21 heavy (non-hydrogen) atoms. The maximum atomic E-state index is 13.5. The van der Waals surface area contributed by atoms with Crippen LogP contribution >= 0.6 is 15.9 Å². The van der Waals surface area contributed by atoms with Gasteiger partial charge >= 0.3 is 0 Å². The summed E-state index contributed by atoms with van der Waals surface area (Å²) in [7, 11) is 0. The Morgan fingerprint density at radius 2 is 2.05 bits per heavy atom. The fourth-order valence-corrected chi connectivity index (χ4v) is 3.55. The van der Waals surface area contributed by atoms with Crippen LogP contribution in [0.25, 0.3) is 0 Å². The summed E-state index contributed by atoms with van der Waals surface area (Å²) in [4.78, 5) is 0. The molecule has 1 aliphatic rings. The number of nitrogens with zero attached hydrogens (tertiary/aromatic N) is 1. The van der Waals surface area contributed by atoms with Gasteiger partial charge in [-0.05, 0) is 47.7 Å². The zero-order chi connectivity index (χ0) is 15.0. The Morgan fingerprint density at radius 3 is 2.81 bits per heavy atom. The summed E-state index contributed by atoms with van der Waals surface area (Å²) in [5.41, 5.74) is 1.31. The first-order valence-corrected chi connectivity index (χ1v) is 7.50. The largest absolute Gasteiger partial charge is 0.386 e. The highest BCUT2D eigenvalue weighted by Gasteiger charge is 2.46. The van der Waals surface area contributed by atoms with E-state index in [1.807, 2.05) is 24.3 Å². The van der Waals surface area contributed by atoms with Crippen molar-refractivity contribution in [3.05, 3.63) is 69.4 Å². The molecule has 4 heteroatoms. The minimum Gasteiger partial charge on any atom is -0.386 e. The average molecular weight is 346 g/mol. The number of hydrogen-bond donors (Lipinski definition) is 1. The summed E-state index contributed by atoms with van der Waals surface area (Å²) in [6.07, 6.45) is 0.206. The monoisotopic (exact) mass is 345 g/mol. The summed E-state index contributed by atoms with van der Waals surface area (Å²) >= 11 is 3.34. The van der Waals surface area contributed by atoms with E-state index in [0.29, 0.717) is 16.5 Å². The van der Waals surface area contributed by atoms with Gasteiger partial charge in [0.1, 0.15) is 17.3 Å². The van der Waals surface area contributed by atoms with Gasteiger partial charge in [-0.15, -0.1) is 0 Å². The highest BCUT2D eigenvalue weighted by molar-refractivity contribution is 9.10. The standard InChI is InChI=1S/C17H13BrFNO/c18-15-6-5-12(19)9-13(15)16(21)17(10-20)8-7-11-3-1-2-4-14(11)17/h1-6,9,16,21H,7-8H2. The van der Waals surface area contributed by atoms with Crippen LogP contribution in [0, 0.1) is 17.1 Å². The van der Waals surface area contributed by atoms with Crippen molar-refractivity contribution < 1.29 is 9.50 Å². The van der Waals surface area contributed by atoms with Gasteiger partial charge < -0.3 is 5.11 Å². The Kier molecular flexibility index (Phi) is 3.56. The van der Waals surface area contributed by atoms with Gasteiger partial charge in [0, 0.05) is 4.47 Å². The smallest absolute Gasteiger partial charge is 0.123 e. The molecule has 0 amide bonds. The molecule has 2 unspecified atom stereocenters. The van der Waals surface area contributed by atoms with Gasteiger partial charge in [-0.2, -0.15) is 5.26 Å². The van der Waals surface area contributed by atoms with Crippen LogP contribution in [-0.4, -0.2) is 5.11 Å². The minimum atomic E-state index is -1.07. The van der Waals surface area contributed by atoms with E-state index in [9.17, 15) is 14.8 Å². The predicted molar refractivity (Wildman–Crippen MR) is 81.1 cm³/mol. The number of halogens is 2. The first-order chi connectivity index (χ1) is 10.1. The summed E-state index contributed by atoms with van der Waals surface area (Å²) in [5, 5.41) is 20.5. The van der Waals surface area contributed by atoms with Crippen molar-refractivity contribution >= 4 is 15.9 Å². The van der Waals surface area contributed by atoms with Crippen molar-refractivity contribution in [2.45, 2.75) is 24.4 Å². The number of aliphatic hydroxyl groups excluding tert-OH is 1. The molecule has 1 aliphatic carbocycles. The highest BCUT2D eigenvalue weighted by atomic mass is 79.9. The van der Waals surface area contributed by atoms with E-state index in [4.69, 9.17) is 0 Å². The molecule has 2 aromatic rings. The Morgan fingerprint density at radius 1 is 1.29 bits per heavy atom. The SMILES string of the molecule is N#CC1(C(O)c2cc(F)ccc2Br)CCc2ccccc21. The van der Waals surface area contributed by atoms with Gasteiger partial charge in [-0.3, -0.25) is 0 Å². The lowest BCUT2D eigenvalue weighted by atomic mass is 9.75.